The van der Waals surface area contributed by atoms with Gasteiger partial charge < -0.3 is 19.5 Å². The monoisotopic (exact) mass is 346 g/mol. The molecule has 1 unspecified atom stereocenters. The molecule has 1 aliphatic rings. The number of rotatable bonds is 5. The maximum absolute atomic E-state index is 11.6. The van der Waals surface area contributed by atoms with Crippen LogP contribution in [0.5, 0.6) is 0 Å². The van der Waals surface area contributed by atoms with E-state index in [0.717, 1.165) is 5.69 Å². The molecule has 0 saturated carbocycles. The quantitative estimate of drug-likeness (QED) is 0.862. The van der Waals surface area contributed by atoms with Gasteiger partial charge in [0.15, 0.2) is 5.82 Å². The molecule has 1 N–H and O–H groups in total. The van der Waals surface area contributed by atoms with Gasteiger partial charge in [0.05, 0.1) is 25.4 Å². The third-order valence-electron chi connectivity index (χ3n) is 3.94. The zero-order valence-corrected chi connectivity index (χ0v) is 14.7. The molecule has 0 spiro atoms. The third kappa shape index (κ3) is 4.30. The van der Waals surface area contributed by atoms with Gasteiger partial charge in [-0.05, 0) is 6.92 Å². The zero-order valence-electron chi connectivity index (χ0n) is 14.7. The van der Waals surface area contributed by atoms with E-state index in [1.165, 1.54) is 0 Å². The lowest BCUT2D eigenvalue weighted by molar-refractivity contribution is -0.136. The van der Waals surface area contributed by atoms with Crippen molar-refractivity contribution in [3.63, 3.8) is 0 Å². The SMILES string of the molecule is CCc1nc(CNc2cc(C3CN(C(C)=O)CCO3)nc(C)n2)no1. The number of ether oxygens (including phenoxy) is 1. The molecule has 25 heavy (non-hydrogen) atoms. The lowest BCUT2D eigenvalue weighted by atomic mass is 10.2. The lowest BCUT2D eigenvalue weighted by Gasteiger charge is -2.32. The van der Waals surface area contributed by atoms with E-state index in [1.54, 1.807) is 11.8 Å². The minimum atomic E-state index is -0.253. The van der Waals surface area contributed by atoms with Crippen LogP contribution in [0.2, 0.25) is 0 Å². The molecule has 1 saturated heterocycles. The molecule has 0 aromatic carbocycles. The van der Waals surface area contributed by atoms with Crippen molar-refractivity contribution in [3.05, 3.63) is 29.3 Å². The van der Waals surface area contributed by atoms with Crippen LogP contribution in [0.15, 0.2) is 10.6 Å². The maximum atomic E-state index is 11.6. The number of carbonyl (C=O) groups is 1. The van der Waals surface area contributed by atoms with Crippen molar-refractivity contribution in [1.29, 1.82) is 0 Å². The zero-order chi connectivity index (χ0) is 17.8. The Labute approximate surface area is 145 Å². The number of amides is 1. The van der Waals surface area contributed by atoms with Crippen LogP contribution < -0.4 is 5.32 Å². The van der Waals surface area contributed by atoms with Gasteiger partial charge in [0, 0.05) is 26.0 Å². The number of nitrogens with zero attached hydrogens (tertiary/aromatic N) is 5. The molecule has 3 rings (SSSR count). The second-order valence-corrected chi connectivity index (χ2v) is 5.86. The van der Waals surface area contributed by atoms with E-state index in [2.05, 4.69) is 25.4 Å². The van der Waals surface area contributed by atoms with Crippen molar-refractivity contribution in [3.8, 4) is 0 Å². The summed E-state index contributed by atoms with van der Waals surface area (Å²) in [6.07, 6.45) is 0.451. The Kier molecular flexibility index (Phi) is 5.22. The van der Waals surface area contributed by atoms with Crippen molar-refractivity contribution >= 4 is 11.7 Å². The number of carbonyl (C=O) groups excluding carboxylic acids is 1. The fourth-order valence-electron chi connectivity index (χ4n) is 2.64. The van der Waals surface area contributed by atoms with Crippen LogP contribution in [-0.4, -0.2) is 50.6 Å². The molecule has 1 atom stereocenters. The summed E-state index contributed by atoms with van der Waals surface area (Å²) in [7, 11) is 0. The molecule has 1 amide bonds. The fourth-order valence-corrected chi connectivity index (χ4v) is 2.64. The van der Waals surface area contributed by atoms with E-state index in [-0.39, 0.29) is 12.0 Å². The molecule has 2 aromatic rings. The Morgan fingerprint density at radius 2 is 2.24 bits per heavy atom. The normalized spacial score (nSPS) is 17.6. The minimum Gasteiger partial charge on any atom is -0.368 e. The second-order valence-electron chi connectivity index (χ2n) is 5.86. The summed E-state index contributed by atoms with van der Waals surface area (Å²) >= 11 is 0. The molecule has 2 aromatic heterocycles. The molecular weight excluding hydrogens is 324 g/mol. The summed E-state index contributed by atoms with van der Waals surface area (Å²) in [5.74, 6) is 2.52. The predicted molar refractivity (Wildman–Crippen MR) is 88.7 cm³/mol. The summed E-state index contributed by atoms with van der Waals surface area (Å²) < 4.78 is 10.9. The molecule has 3 heterocycles. The number of anilines is 1. The van der Waals surface area contributed by atoms with E-state index in [0.29, 0.717) is 56.0 Å². The van der Waals surface area contributed by atoms with Crippen LogP contribution >= 0.6 is 0 Å². The third-order valence-corrected chi connectivity index (χ3v) is 3.94. The van der Waals surface area contributed by atoms with Crippen molar-refractivity contribution in [1.82, 2.24) is 25.0 Å². The summed E-state index contributed by atoms with van der Waals surface area (Å²) in [4.78, 5) is 26.5. The van der Waals surface area contributed by atoms with Crippen molar-refractivity contribution in [2.45, 2.75) is 39.8 Å². The van der Waals surface area contributed by atoms with Gasteiger partial charge in [-0.15, -0.1) is 0 Å². The predicted octanol–water partition coefficient (Wildman–Crippen LogP) is 1.26. The molecule has 1 fully saturated rings. The smallest absolute Gasteiger partial charge is 0.226 e. The first-order valence-corrected chi connectivity index (χ1v) is 8.33. The topological polar surface area (TPSA) is 106 Å². The minimum absolute atomic E-state index is 0.0428. The van der Waals surface area contributed by atoms with Gasteiger partial charge in [-0.25, -0.2) is 9.97 Å². The van der Waals surface area contributed by atoms with Gasteiger partial charge in [-0.2, -0.15) is 4.98 Å². The first kappa shape index (κ1) is 17.3. The van der Waals surface area contributed by atoms with Crippen molar-refractivity contribution in [2.24, 2.45) is 0 Å². The fraction of sp³-hybridized carbons (Fsp3) is 0.562. The van der Waals surface area contributed by atoms with Crippen LogP contribution in [0.25, 0.3) is 0 Å². The standard InChI is InChI=1S/C16H22N6O3/c1-4-16-20-15(21-25-16)8-17-14-7-12(18-10(2)19-14)13-9-22(11(3)23)5-6-24-13/h7,13H,4-6,8-9H2,1-3H3,(H,17,18,19). The number of aryl methyl sites for hydroxylation is 2. The van der Waals surface area contributed by atoms with Crippen molar-refractivity contribution in [2.75, 3.05) is 25.0 Å². The van der Waals surface area contributed by atoms with E-state index in [1.807, 2.05) is 19.9 Å². The largest absolute Gasteiger partial charge is 0.368 e. The highest BCUT2D eigenvalue weighted by molar-refractivity contribution is 5.73. The highest BCUT2D eigenvalue weighted by Crippen LogP contribution is 2.22. The summed E-state index contributed by atoms with van der Waals surface area (Å²) in [5, 5.41) is 7.09. The lowest BCUT2D eigenvalue weighted by Crippen LogP contribution is -2.41. The molecular formula is C16H22N6O3. The Morgan fingerprint density at radius 1 is 1.40 bits per heavy atom. The van der Waals surface area contributed by atoms with Gasteiger partial charge in [0.1, 0.15) is 17.7 Å². The molecule has 134 valence electrons. The Morgan fingerprint density at radius 3 is 2.96 bits per heavy atom. The van der Waals surface area contributed by atoms with Crippen LogP contribution in [0.1, 0.15) is 43.2 Å². The van der Waals surface area contributed by atoms with E-state index < -0.39 is 0 Å². The van der Waals surface area contributed by atoms with Crippen LogP contribution in [0.3, 0.4) is 0 Å². The molecule has 0 aliphatic carbocycles. The van der Waals surface area contributed by atoms with Gasteiger partial charge in [-0.1, -0.05) is 12.1 Å². The average Bonchev–Trinajstić information content (AvgIpc) is 3.08. The molecule has 9 heteroatoms. The van der Waals surface area contributed by atoms with Gasteiger partial charge in [0.25, 0.3) is 0 Å². The Balaban J connectivity index is 1.70. The van der Waals surface area contributed by atoms with Crippen LogP contribution in [-0.2, 0) is 22.5 Å². The Hall–Kier alpha value is -2.55. The van der Waals surface area contributed by atoms with E-state index in [4.69, 9.17) is 9.26 Å². The number of hydrogen-bond donors (Lipinski definition) is 1. The van der Waals surface area contributed by atoms with Gasteiger partial charge in [0.2, 0.25) is 11.8 Å². The summed E-state index contributed by atoms with van der Waals surface area (Å²) in [6, 6.07) is 1.84. The van der Waals surface area contributed by atoms with Gasteiger partial charge in [-0.3, -0.25) is 4.79 Å². The maximum Gasteiger partial charge on any atom is 0.226 e. The van der Waals surface area contributed by atoms with Crippen molar-refractivity contribution < 1.29 is 14.1 Å². The highest BCUT2D eigenvalue weighted by Gasteiger charge is 2.25. The Bertz CT molecular complexity index is 747. The number of hydrogen-bond acceptors (Lipinski definition) is 8. The highest BCUT2D eigenvalue weighted by atomic mass is 16.5. The molecule has 1 aliphatic heterocycles. The molecule has 9 nitrogen and oxygen atoms in total. The first-order valence-electron chi connectivity index (χ1n) is 8.33. The van der Waals surface area contributed by atoms with E-state index >= 15 is 0 Å². The number of aromatic nitrogens is 4. The van der Waals surface area contributed by atoms with Gasteiger partial charge >= 0.3 is 0 Å². The second kappa shape index (κ2) is 7.56. The molecule has 0 radical (unpaired) electrons. The molecule has 0 bridgehead atoms. The average molecular weight is 346 g/mol. The number of morpholine rings is 1. The van der Waals surface area contributed by atoms with Crippen LogP contribution in [0, 0.1) is 6.92 Å². The van der Waals surface area contributed by atoms with E-state index in [9.17, 15) is 4.79 Å². The first-order chi connectivity index (χ1) is 12.0. The van der Waals surface area contributed by atoms with Crippen LogP contribution in [0.4, 0.5) is 5.82 Å². The summed E-state index contributed by atoms with van der Waals surface area (Å²) in [6.45, 7) is 7.36. The number of nitrogens with one attached hydrogen (secondary N) is 1. The summed E-state index contributed by atoms with van der Waals surface area (Å²) in [5.41, 5.74) is 0.753.